The number of fused-ring (bicyclic) bond motifs is 2. The van der Waals surface area contributed by atoms with Gasteiger partial charge in [-0.15, -0.1) is 12.4 Å². The van der Waals surface area contributed by atoms with Crippen molar-refractivity contribution in [1.29, 1.82) is 0 Å². The number of H-pyrrole nitrogens is 1. The molecular formula is C27H27ClN6O2. The van der Waals surface area contributed by atoms with Crippen LogP contribution in [0.2, 0.25) is 0 Å². The Kier molecular flexibility index (Phi) is 7.47. The number of halogens is 1. The van der Waals surface area contributed by atoms with Gasteiger partial charge in [0.1, 0.15) is 6.61 Å². The maximum Gasteiger partial charge on any atom is 0.213 e. The molecule has 0 aliphatic heterocycles. The number of carbonyl (C=O) groups excluding carboxylic acids is 1. The van der Waals surface area contributed by atoms with Crippen LogP contribution < -0.4 is 10.1 Å². The summed E-state index contributed by atoms with van der Waals surface area (Å²) in [6, 6.07) is 15.9. The zero-order valence-corrected chi connectivity index (χ0v) is 21.1. The van der Waals surface area contributed by atoms with E-state index < -0.39 is 0 Å². The second kappa shape index (κ2) is 10.7. The average Bonchev–Trinajstić information content (AvgIpc) is 3.32. The van der Waals surface area contributed by atoms with Crippen LogP contribution in [0.3, 0.4) is 0 Å². The molecule has 0 bridgehead atoms. The van der Waals surface area contributed by atoms with Crippen molar-refractivity contribution >= 4 is 51.5 Å². The number of imidazole rings is 1. The van der Waals surface area contributed by atoms with Gasteiger partial charge < -0.3 is 19.9 Å². The molecule has 0 unspecified atom stereocenters. The van der Waals surface area contributed by atoms with Crippen molar-refractivity contribution in [2.75, 3.05) is 32.6 Å². The topological polar surface area (TPSA) is 96.0 Å². The first-order chi connectivity index (χ1) is 17.0. The first-order valence-electron chi connectivity index (χ1n) is 11.4. The maximum absolute atomic E-state index is 12.5. The molecule has 184 valence electrons. The molecule has 5 aromatic rings. The van der Waals surface area contributed by atoms with Gasteiger partial charge in [-0.25, -0.2) is 9.97 Å². The largest absolute Gasteiger partial charge is 0.476 e. The van der Waals surface area contributed by atoms with Crippen LogP contribution in [0.15, 0.2) is 67.3 Å². The Bertz CT molecular complexity index is 1510. The molecule has 36 heavy (non-hydrogen) atoms. The number of rotatable bonds is 8. The predicted octanol–water partition coefficient (Wildman–Crippen LogP) is 5.48. The van der Waals surface area contributed by atoms with Gasteiger partial charge in [0.25, 0.3) is 0 Å². The van der Waals surface area contributed by atoms with Crippen molar-refractivity contribution in [3.63, 3.8) is 0 Å². The van der Waals surface area contributed by atoms with Gasteiger partial charge in [-0.3, -0.25) is 9.78 Å². The molecule has 0 aliphatic carbocycles. The smallest absolute Gasteiger partial charge is 0.213 e. The summed E-state index contributed by atoms with van der Waals surface area (Å²) in [5.41, 5.74) is 6.71. The summed E-state index contributed by atoms with van der Waals surface area (Å²) in [7, 11) is 3.99. The van der Waals surface area contributed by atoms with Gasteiger partial charge in [0.2, 0.25) is 5.88 Å². The van der Waals surface area contributed by atoms with E-state index in [4.69, 9.17) is 4.74 Å². The molecule has 8 nitrogen and oxygen atoms in total. The number of ether oxygens (including phenoxy) is 1. The summed E-state index contributed by atoms with van der Waals surface area (Å²) in [4.78, 5) is 30.9. The number of carbonyl (C=O) groups is 1. The predicted molar refractivity (Wildman–Crippen MR) is 146 cm³/mol. The Labute approximate surface area is 215 Å². The average molecular weight is 503 g/mol. The summed E-state index contributed by atoms with van der Waals surface area (Å²) in [6.45, 7) is 2.91. The molecule has 3 aromatic heterocycles. The lowest BCUT2D eigenvalue weighted by Crippen LogP contribution is -2.19. The Morgan fingerprint density at radius 3 is 2.47 bits per heavy atom. The number of hydrogen-bond donors (Lipinski definition) is 2. The standard InChI is InChI=1S/C27H26N6O2.ClH/c1-17(34)22-15-28-23-7-4-18(19-5-8-24-25(13-19)31-16-30-24)12-21(23)27(22)32-20-6-9-26(29-14-20)35-11-10-33(2)3;/h4-9,12-16H,10-11H2,1-3H3,(H,28,32)(H,30,31);1H. The van der Waals surface area contributed by atoms with Crippen molar-refractivity contribution in [2.24, 2.45) is 0 Å². The summed E-state index contributed by atoms with van der Waals surface area (Å²) in [5.74, 6) is 0.489. The van der Waals surface area contributed by atoms with Gasteiger partial charge in [-0.05, 0) is 62.5 Å². The van der Waals surface area contributed by atoms with Gasteiger partial charge in [0.15, 0.2) is 5.78 Å². The van der Waals surface area contributed by atoms with Crippen LogP contribution in [0.25, 0.3) is 33.1 Å². The SMILES string of the molecule is CC(=O)c1cnc2ccc(-c3ccc4nc[nH]c4c3)cc2c1Nc1ccc(OCCN(C)C)nc1.Cl. The summed E-state index contributed by atoms with van der Waals surface area (Å²) in [5, 5.41) is 4.25. The molecule has 0 fully saturated rings. The lowest BCUT2D eigenvalue weighted by molar-refractivity contribution is 0.101. The number of benzene rings is 2. The van der Waals surface area contributed by atoms with Crippen LogP contribution in [0.1, 0.15) is 17.3 Å². The van der Waals surface area contributed by atoms with Crippen LogP contribution in [0.5, 0.6) is 5.88 Å². The third-order valence-electron chi connectivity index (χ3n) is 5.79. The summed E-state index contributed by atoms with van der Waals surface area (Å²) >= 11 is 0. The van der Waals surface area contributed by atoms with E-state index in [-0.39, 0.29) is 18.2 Å². The number of aromatic nitrogens is 4. The number of Topliss-reactive ketones (excluding diaryl/α,β-unsaturated/α-hetero) is 1. The highest BCUT2D eigenvalue weighted by Crippen LogP contribution is 2.33. The van der Waals surface area contributed by atoms with Gasteiger partial charge in [-0.1, -0.05) is 12.1 Å². The van der Waals surface area contributed by atoms with Gasteiger partial charge in [0.05, 0.1) is 46.0 Å². The van der Waals surface area contributed by atoms with Gasteiger partial charge in [0, 0.05) is 24.2 Å². The highest BCUT2D eigenvalue weighted by molar-refractivity contribution is 6.08. The molecule has 5 rings (SSSR count). The Balaban J connectivity index is 0.00000304. The fourth-order valence-electron chi connectivity index (χ4n) is 3.91. The van der Waals surface area contributed by atoms with E-state index in [2.05, 4.69) is 42.3 Å². The van der Waals surface area contributed by atoms with E-state index in [0.717, 1.165) is 45.3 Å². The monoisotopic (exact) mass is 502 g/mol. The minimum absolute atomic E-state index is 0. The highest BCUT2D eigenvalue weighted by atomic mass is 35.5. The molecule has 9 heteroatoms. The molecular weight excluding hydrogens is 476 g/mol. The van der Waals surface area contributed by atoms with Crippen LogP contribution >= 0.6 is 12.4 Å². The quantitative estimate of drug-likeness (QED) is 0.271. The van der Waals surface area contributed by atoms with E-state index >= 15 is 0 Å². The van der Waals surface area contributed by atoms with Crippen molar-refractivity contribution in [3.8, 4) is 17.0 Å². The van der Waals surface area contributed by atoms with Crippen molar-refractivity contribution in [1.82, 2.24) is 24.8 Å². The van der Waals surface area contributed by atoms with E-state index in [1.54, 1.807) is 25.6 Å². The Hall–Kier alpha value is -4.01. The Morgan fingerprint density at radius 1 is 0.972 bits per heavy atom. The van der Waals surface area contributed by atoms with Crippen LogP contribution in [-0.2, 0) is 0 Å². The number of nitrogens with zero attached hydrogens (tertiary/aromatic N) is 4. The Morgan fingerprint density at radius 2 is 1.75 bits per heavy atom. The molecule has 2 N–H and O–H groups in total. The molecule has 0 atom stereocenters. The number of aromatic amines is 1. The van der Waals surface area contributed by atoms with Crippen molar-refractivity contribution < 1.29 is 9.53 Å². The molecule has 2 aromatic carbocycles. The maximum atomic E-state index is 12.5. The first-order valence-corrected chi connectivity index (χ1v) is 11.4. The minimum Gasteiger partial charge on any atom is -0.476 e. The third-order valence-corrected chi connectivity index (χ3v) is 5.79. The van der Waals surface area contributed by atoms with Crippen molar-refractivity contribution in [3.05, 3.63) is 72.8 Å². The first kappa shape index (κ1) is 25.1. The van der Waals surface area contributed by atoms with E-state index in [1.807, 2.05) is 50.5 Å². The highest BCUT2D eigenvalue weighted by Gasteiger charge is 2.14. The van der Waals surface area contributed by atoms with Crippen LogP contribution in [-0.4, -0.2) is 57.9 Å². The lowest BCUT2D eigenvalue weighted by atomic mass is 10.00. The lowest BCUT2D eigenvalue weighted by Gasteiger charge is -2.15. The van der Waals surface area contributed by atoms with E-state index in [1.165, 1.54) is 0 Å². The second-order valence-corrected chi connectivity index (χ2v) is 8.63. The number of anilines is 2. The zero-order valence-electron chi connectivity index (χ0n) is 20.3. The van der Waals surface area contributed by atoms with Crippen LogP contribution in [0.4, 0.5) is 11.4 Å². The fraction of sp³-hybridized carbons (Fsp3) is 0.185. The number of likely N-dealkylation sites (N-methyl/N-ethyl adjacent to an activating group) is 1. The molecule has 0 aliphatic rings. The van der Waals surface area contributed by atoms with Gasteiger partial charge >= 0.3 is 0 Å². The normalized spacial score (nSPS) is 11.0. The third kappa shape index (κ3) is 5.30. The van der Waals surface area contributed by atoms with Gasteiger partial charge in [-0.2, -0.15) is 0 Å². The molecule has 0 radical (unpaired) electrons. The number of pyridine rings is 2. The molecule has 0 spiro atoms. The van der Waals surface area contributed by atoms with Crippen molar-refractivity contribution in [2.45, 2.75) is 6.92 Å². The summed E-state index contributed by atoms with van der Waals surface area (Å²) in [6.07, 6.45) is 5.01. The number of ketones is 1. The zero-order chi connectivity index (χ0) is 24.4. The summed E-state index contributed by atoms with van der Waals surface area (Å²) < 4.78 is 5.69. The second-order valence-electron chi connectivity index (χ2n) is 8.63. The molecule has 0 amide bonds. The number of hydrogen-bond acceptors (Lipinski definition) is 7. The van der Waals surface area contributed by atoms with Crippen LogP contribution in [0, 0.1) is 0 Å². The molecule has 3 heterocycles. The van der Waals surface area contributed by atoms with E-state index in [0.29, 0.717) is 23.7 Å². The minimum atomic E-state index is -0.0669. The molecule has 0 saturated carbocycles. The van der Waals surface area contributed by atoms with E-state index in [9.17, 15) is 4.79 Å². The molecule has 0 saturated heterocycles. The fourth-order valence-corrected chi connectivity index (χ4v) is 3.91. The number of nitrogens with one attached hydrogen (secondary N) is 2.